The highest BCUT2D eigenvalue weighted by atomic mass is 16.2. The summed E-state index contributed by atoms with van der Waals surface area (Å²) in [6.07, 6.45) is 3.48. The fraction of sp³-hybridized carbons (Fsp3) is 0.167. The van der Waals surface area contributed by atoms with Crippen molar-refractivity contribution in [2.75, 3.05) is 5.73 Å². The standard InChI is InChI=1S/C24H22N8O2/c1-3-15-8-7-11-17-19(15)24(34)31(16-9-5-4-6-10-16)22(29-17)14(2)28-23(33)20-18-12-26-13-27-32(18)30-21(20)25/h4-14H,3H2,1-2H3,(H2,25,30)(H,28,33)/t14-/m0/s1. The molecule has 0 saturated carbocycles. The van der Waals surface area contributed by atoms with Crippen LogP contribution in [0.5, 0.6) is 0 Å². The van der Waals surface area contributed by atoms with Crippen LogP contribution in [0.25, 0.3) is 22.1 Å². The maximum absolute atomic E-state index is 13.7. The summed E-state index contributed by atoms with van der Waals surface area (Å²) in [7, 11) is 0. The van der Waals surface area contributed by atoms with E-state index in [0.29, 0.717) is 34.4 Å². The van der Waals surface area contributed by atoms with Gasteiger partial charge in [-0.1, -0.05) is 37.3 Å². The number of hydrogen-bond acceptors (Lipinski definition) is 7. The maximum atomic E-state index is 13.7. The number of carbonyl (C=O) groups excluding carboxylic acids is 1. The molecule has 0 aliphatic carbocycles. The Bertz CT molecular complexity index is 1590. The van der Waals surface area contributed by atoms with Gasteiger partial charge in [-0.05, 0) is 37.1 Å². The molecule has 3 heterocycles. The molecule has 1 atom stereocenters. The van der Waals surface area contributed by atoms with Crippen molar-refractivity contribution in [3.8, 4) is 5.69 Å². The van der Waals surface area contributed by atoms with Gasteiger partial charge in [0.05, 0.1) is 28.8 Å². The predicted octanol–water partition coefficient (Wildman–Crippen LogP) is 2.46. The molecule has 3 aromatic heterocycles. The van der Waals surface area contributed by atoms with Crippen molar-refractivity contribution < 1.29 is 4.79 Å². The van der Waals surface area contributed by atoms with Crippen molar-refractivity contribution in [3.05, 3.63) is 88.4 Å². The van der Waals surface area contributed by atoms with Gasteiger partial charge in [-0.15, -0.1) is 14.8 Å². The first-order valence-corrected chi connectivity index (χ1v) is 10.8. The van der Waals surface area contributed by atoms with Gasteiger partial charge < -0.3 is 11.1 Å². The van der Waals surface area contributed by atoms with E-state index in [2.05, 4.69) is 20.5 Å². The molecule has 10 heteroatoms. The number of nitrogens with zero attached hydrogens (tertiary/aromatic N) is 6. The van der Waals surface area contributed by atoms with Gasteiger partial charge in [0.25, 0.3) is 11.5 Å². The Morgan fingerprint density at radius 3 is 2.71 bits per heavy atom. The molecule has 0 radical (unpaired) electrons. The zero-order chi connectivity index (χ0) is 23.8. The van der Waals surface area contributed by atoms with E-state index in [1.807, 2.05) is 55.5 Å². The van der Waals surface area contributed by atoms with Gasteiger partial charge in [-0.25, -0.2) is 9.97 Å². The summed E-state index contributed by atoms with van der Waals surface area (Å²) in [4.78, 5) is 35.7. The highest BCUT2D eigenvalue weighted by Crippen LogP contribution is 2.22. The molecule has 0 saturated heterocycles. The summed E-state index contributed by atoms with van der Waals surface area (Å²) < 4.78 is 2.80. The Morgan fingerprint density at radius 2 is 1.94 bits per heavy atom. The molecule has 0 aliphatic heterocycles. The first-order chi connectivity index (χ1) is 16.5. The lowest BCUT2D eigenvalue weighted by Gasteiger charge is -2.20. The van der Waals surface area contributed by atoms with Gasteiger partial charge in [0.2, 0.25) is 0 Å². The van der Waals surface area contributed by atoms with Crippen LogP contribution in [0.15, 0.2) is 65.8 Å². The minimum Gasteiger partial charge on any atom is -0.381 e. The van der Waals surface area contributed by atoms with Gasteiger partial charge in [0, 0.05) is 0 Å². The number of fused-ring (bicyclic) bond motifs is 2. The maximum Gasteiger partial charge on any atom is 0.266 e. The van der Waals surface area contributed by atoms with E-state index in [-0.39, 0.29) is 16.9 Å². The van der Waals surface area contributed by atoms with E-state index < -0.39 is 11.9 Å². The number of amides is 1. The third kappa shape index (κ3) is 3.45. The highest BCUT2D eigenvalue weighted by molar-refractivity contribution is 6.05. The Balaban J connectivity index is 1.64. The fourth-order valence-electron chi connectivity index (χ4n) is 4.12. The zero-order valence-corrected chi connectivity index (χ0v) is 18.6. The number of benzene rings is 2. The molecule has 2 aromatic carbocycles. The van der Waals surface area contributed by atoms with E-state index in [1.54, 1.807) is 11.5 Å². The average molecular weight is 454 g/mol. The molecule has 5 rings (SSSR count). The monoisotopic (exact) mass is 454 g/mol. The van der Waals surface area contributed by atoms with Crippen LogP contribution in [0.2, 0.25) is 0 Å². The number of aryl methyl sites for hydroxylation is 1. The smallest absolute Gasteiger partial charge is 0.266 e. The van der Waals surface area contributed by atoms with E-state index in [4.69, 9.17) is 10.7 Å². The summed E-state index contributed by atoms with van der Waals surface area (Å²) in [6.45, 7) is 3.77. The molecule has 34 heavy (non-hydrogen) atoms. The molecule has 0 aliphatic rings. The Morgan fingerprint density at radius 1 is 1.15 bits per heavy atom. The van der Waals surface area contributed by atoms with Crippen molar-refractivity contribution in [1.29, 1.82) is 0 Å². The molecular weight excluding hydrogens is 432 g/mol. The Kier molecular flexibility index (Phi) is 5.25. The summed E-state index contributed by atoms with van der Waals surface area (Å²) in [5.74, 6) is -0.0348. The number of anilines is 1. The summed E-state index contributed by atoms with van der Waals surface area (Å²) in [6, 6.07) is 14.2. The molecule has 0 fully saturated rings. The third-order valence-corrected chi connectivity index (χ3v) is 5.72. The highest BCUT2D eigenvalue weighted by Gasteiger charge is 2.24. The minimum absolute atomic E-state index is 0.0321. The van der Waals surface area contributed by atoms with E-state index >= 15 is 0 Å². The van der Waals surface area contributed by atoms with Gasteiger partial charge in [-0.3, -0.25) is 14.2 Å². The van der Waals surface area contributed by atoms with Gasteiger partial charge in [-0.2, -0.15) is 0 Å². The van der Waals surface area contributed by atoms with Gasteiger partial charge >= 0.3 is 0 Å². The summed E-state index contributed by atoms with van der Waals surface area (Å²) in [5, 5.41) is 11.5. The van der Waals surface area contributed by atoms with Crippen molar-refractivity contribution in [2.45, 2.75) is 26.3 Å². The number of nitrogens with two attached hydrogens (primary N) is 1. The molecule has 10 nitrogen and oxygen atoms in total. The second kappa shape index (κ2) is 8.39. The first-order valence-electron chi connectivity index (χ1n) is 10.8. The summed E-state index contributed by atoms with van der Waals surface area (Å²) in [5.41, 5.74) is 8.50. The molecule has 0 unspecified atom stereocenters. The minimum atomic E-state index is -0.630. The predicted molar refractivity (Wildman–Crippen MR) is 128 cm³/mol. The molecule has 3 N–H and O–H groups in total. The molecule has 0 bridgehead atoms. The fourth-order valence-corrected chi connectivity index (χ4v) is 4.12. The molecule has 0 spiro atoms. The van der Waals surface area contributed by atoms with Crippen LogP contribution >= 0.6 is 0 Å². The van der Waals surface area contributed by atoms with Crippen LogP contribution in [0.3, 0.4) is 0 Å². The second-order valence-corrected chi connectivity index (χ2v) is 7.85. The van der Waals surface area contributed by atoms with Crippen molar-refractivity contribution in [3.63, 3.8) is 0 Å². The second-order valence-electron chi connectivity index (χ2n) is 7.85. The van der Waals surface area contributed by atoms with Crippen LogP contribution in [0.1, 0.15) is 41.6 Å². The molecular formula is C24H22N8O2. The number of hydrogen-bond donors (Lipinski definition) is 2. The van der Waals surface area contributed by atoms with E-state index in [1.165, 1.54) is 17.2 Å². The van der Waals surface area contributed by atoms with Gasteiger partial charge in [0.15, 0.2) is 5.82 Å². The quantitative estimate of drug-likeness (QED) is 0.417. The number of rotatable bonds is 5. The van der Waals surface area contributed by atoms with Crippen LogP contribution in [-0.2, 0) is 6.42 Å². The van der Waals surface area contributed by atoms with E-state index in [0.717, 1.165) is 5.56 Å². The first kappa shape index (κ1) is 21.3. The lowest BCUT2D eigenvalue weighted by molar-refractivity contribution is 0.0940. The molecule has 1 amide bonds. The lowest BCUT2D eigenvalue weighted by atomic mass is 10.1. The zero-order valence-electron chi connectivity index (χ0n) is 18.6. The average Bonchev–Trinajstić information content (AvgIpc) is 3.19. The van der Waals surface area contributed by atoms with Crippen molar-refractivity contribution in [1.82, 2.24) is 34.7 Å². The third-order valence-electron chi connectivity index (χ3n) is 5.72. The molecule has 5 aromatic rings. The largest absolute Gasteiger partial charge is 0.381 e. The number of aromatic nitrogens is 6. The number of nitrogen functional groups attached to an aromatic ring is 1. The lowest BCUT2D eigenvalue weighted by Crippen LogP contribution is -2.33. The number of carbonyl (C=O) groups is 1. The number of nitrogens with one attached hydrogen (secondary N) is 1. The van der Waals surface area contributed by atoms with Crippen LogP contribution in [-0.4, -0.2) is 35.3 Å². The Hall–Kier alpha value is -4.60. The van der Waals surface area contributed by atoms with Crippen LogP contribution in [0.4, 0.5) is 5.82 Å². The molecule has 170 valence electrons. The van der Waals surface area contributed by atoms with Crippen molar-refractivity contribution in [2.24, 2.45) is 0 Å². The van der Waals surface area contributed by atoms with Crippen molar-refractivity contribution >= 4 is 28.1 Å². The summed E-state index contributed by atoms with van der Waals surface area (Å²) >= 11 is 0. The van der Waals surface area contributed by atoms with Gasteiger partial charge in [0.1, 0.15) is 23.2 Å². The SMILES string of the molecule is CCc1cccc2nc([C@H](C)NC(=O)c3c(N)nn4ncncc34)n(-c3ccccc3)c(=O)c12. The van der Waals surface area contributed by atoms with Crippen LogP contribution in [0, 0.1) is 0 Å². The van der Waals surface area contributed by atoms with E-state index in [9.17, 15) is 9.59 Å². The normalized spacial score (nSPS) is 12.2. The Labute approximate surface area is 194 Å². The van der Waals surface area contributed by atoms with Crippen LogP contribution < -0.4 is 16.6 Å². The number of para-hydroxylation sites is 1. The topological polar surface area (TPSA) is 133 Å².